The molecule has 40 heavy (non-hydrogen) atoms. The van der Waals surface area contributed by atoms with Gasteiger partial charge >= 0.3 is 0 Å². The van der Waals surface area contributed by atoms with E-state index in [9.17, 15) is 14.0 Å². The Hall–Kier alpha value is -3.83. The maximum atomic E-state index is 14.3. The van der Waals surface area contributed by atoms with Crippen molar-refractivity contribution in [3.63, 3.8) is 0 Å². The molecule has 2 aromatic heterocycles. The maximum absolute atomic E-state index is 14.3. The van der Waals surface area contributed by atoms with Gasteiger partial charge in [0.2, 0.25) is 17.7 Å². The van der Waals surface area contributed by atoms with Gasteiger partial charge in [-0.1, -0.05) is 23.7 Å². The maximum Gasteiger partial charge on any atom is 0.255 e. The molecule has 2 aliphatic heterocycles. The van der Waals surface area contributed by atoms with Gasteiger partial charge in [0.25, 0.3) is 5.91 Å². The van der Waals surface area contributed by atoms with Crippen molar-refractivity contribution < 1.29 is 23.5 Å². The Balaban J connectivity index is 1.30. The molecule has 0 unspecified atom stereocenters. The molecule has 12 heteroatoms. The molecule has 3 aromatic rings. The van der Waals surface area contributed by atoms with E-state index in [0.717, 1.165) is 24.6 Å². The van der Waals surface area contributed by atoms with Crippen LogP contribution in [0.1, 0.15) is 54.2 Å². The highest BCUT2D eigenvalue weighted by molar-refractivity contribution is 6.33. The predicted octanol–water partition coefficient (Wildman–Crippen LogP) is 4.15. The van der Waals surface area contributed by atoms with Crippen LogP contribution in [-0.2, 0) is 16.1 Å². The van der Waals surface area contributed by atoms with Gasteiger partial charge in [-0.2, -0.15) is 0 Å². The number of rotatable bonds is 8. The van der Waals surface area contributed by atoms with Crippen LogP contribution in [0.5, 0.6) is 5.88 Å². The summed E-state index contributed by atoms with van der Waals surface area (Å²) in [6, 6.07) is 5.64. The van der Waals surface area contributed by atoms with Crippen LogP contribution in [0, 0.1) is 5.82 Å². The number of aromatic nitrogens is 3. The molecule has 0 saturated carbocycles. The van der Waals surface area contributed by atoms with Crippen LogP contribution in [-0.4, -0.2) is 64.1 Å². The second kappa shape index (κ2) is 11.7. The van der Waals surface area contributed by atoms with E-state index in [-0.39, 0.29) is 29.9 Å². The standard InChI is InChI=1S/C28H30ClFN6O4/c1-15(20-11-24(39-3)31-13-23(20)30)33-26(37)16(2)36-14-18-5-4-17(10-21(18)27(36)38)25-22(29)12-32-28(35-25)34-19-6-8-40-9-7-19/h4-5,10-13,15-16,19H,6-9,14H2,1-3H3,(H,33,37)(H,32,34,35)/t15-,16-/m1/s1. The van der Waals surface area contributed by atoms with Crippen molar-refractivity contribution in [2.75, 3.05) is 25.6 Å². The van der Waals surface area contributed by atoms with Crippen LogP contribution in [0.3, 0.4) is 0 Å². The fraction of sp³-hybridized carbons (Fsp3) is 0.393. The number of benzene rings is 1. The molecule has 1 saturated heterocycles. The number of hydrogen-bond donors (Lipinski definition) is 2. The number of methoxy groups -OCH3 is 1. The van der Waals surface area contributed by atoms with Gasteiger partial charge in [0.05, 0.1) is 36.3 Å². The summed E-state index contributed by atoms with van der Waals surface area (Å²) in [4.78, 5) is 40.7. The highest BCUT2D eigenvalue weighted by Crippen LogP contribution is 2.32. The van der Waals surface area contributed by atoms with E-state index in [1.165, 1.54) is 18.1 Å². The summed E-state index contributed by atoms with van der Waals surface area (Å²) in [6.07, 6.45) is 4.31. The number of carbonyl (C=O) groups is 2. The lowest BCUT2D eigenvalue weighted by Gasteiger charge is -2.25. The minimum absolute atomic E-state index is 0.213. The van der Waals surface area contributed by atoms with Crippen molar-refractivity contribution >= 4 is 29.4 Å². The number of halogens is 2. The zero-order valence-corrected chi connectivity index (χ0v) is 23.2. The van der Waals surface area contributed by atoms with Crippen molar-refractivity contribution in [2.24, 2.45) is 0 Å². The Bertz CT molecular complexity index is 1430. The highest BCUT2D eigenvalue weighted by atomic mass is 35.5. The van der Waals surface area contributed by atoms with E-state index < -0.39 is 23.8 Å². The van der Waals surface area contributed by atoms with Crippen LogP contribution >= 0.6 is 11.6 Å². The van der Waals surface area contributed by atoms with E-state index in [0.29, 0.717) is 41.0 Å². The molecule has 0 radical (unpaired) electrons. The Kier molecular flexibility index (Phi) is 8.13. The topological polar surface area (TPSA) is 119 Å². The summed E-state index contributed by atoms with van der Waals surface area (Å²) in [7, 11) is 1.43. The van der Waals surface area contributed by atoms with Gasteiger partial charge in [-0.3, -0.25) is 9.59 Å². The van der Waals surface area contributed by atoms with Gasteiger partial charge in [0.1, 0.15) is 11.9 Å². The van der Waals surface area contributed by atoms with Gasteiger partial charge in [-0.05, 0) is 38.3 Å². The largest absolute Gasteiger partial charge is 0.481 e. The molecule has 10 nitrogen and oxygen atoms in total. The highest BCUT2D eigenvalue weighted by Gasteiger charge is 2.35. The van der Waals surface area contributed by atoms with E-state index in [2.05, 4.69) is 25.6 Å². The summed E-state index contributed by atoms with van der Waals surface area (Å²) in [5, 5.41) is 6.49. The molecule has 5 rings (SSSR count). The first kappa shape index (κ1) is 27.7. The van der Waals surface area contributed by atoms with E-state index in [4.69, 9.17) is 21.1 Å². The Morgan fingerprint density at radius 1 is 1.20 bits per heavy atom. The summed E-state index contributed by atoms with van der Waals surface area (Å²) in [6.45, 7) is 4.94. The summed E-state index contributed by atoms with van der Waals surface area (Å²) in [5.41, 5.74) is 2.68. The number of fused-ring (bicyclic) bond motifs is 1. The number of nitrogens with one attached hydrogen (secondary N) is 2. The Labute approximate surface area is 236 Å². The first-order valence-electron chi connectivity index (χ1n) is 13.1. The molecule has 210 valence electrons. The number of amides is 2. The SMILES string of the molecule is COc1cc([C@@H](C)NC(=O)[C@@H](C)N2Cc3ccc(-c4nc(NC5CCOCC5)ncc4Cl)cc3C2=O)c(F)cn1. The zero-order chi connectivity index (χ0) is 28.4. The number of nitrogens with zero attached hydrogens (tertiary/aromatic N) is 4. The molecule has 2 atom stereocenters. The van der Waals surface area contributed by atoms with Crippen molar-refractivity contribution in [1.29, 1.82) is 0 Å². The molecule has 0 spiro atoms. The van der Waals surface area contributed by atoms with E-state index >= 15 is 0 Å². The molecule has 0 aliphatic carbocycles. The van der Waals surface area contributed by atoms with Crippen LogP contribution in [0.4, 0.5) is 10.3 Å². The van der Waals surface area contributed by atoms with Crippen LogP contribution in [0.2, 0.25) is 5.02 Å². The summed E-state index contributed by atoms with van der Waals surface area (Å²) in [5.74, 6) is -0.557. The zero-order valence-electron chi connectivity index (χ0n) is 22.4. The van der Waals surface area contributed by atoms with Crippen molar-refractivity contribution in [1.82, 2.24) is 25.2 Å². The molecule has 1 aromatic carbocycles. The van der Waals surface area contributed by atoms with Gasteiger partial charge in [0.15, 0.2) is 0 Å². The van der Waals surface area contributed by atoms with E-state index in [1.54, 1.807) is 26.1 Å². The molecule has 2 amide bonds. The van der Waals surface area contributed by atoms with Crippen LogP contribution < -0.4 is 15.4 Å². The first-order chi connectivity index (χ1) is 19.2. The third kappa shape index (κ3) is 5.71. The summed E-state index contributed by atoms with van der Waals surface area (Å²) >= 11 is 6.45. The third-order valence-corrected chi connectivity index (χ3v) is 7.53. The number of anilines is 1. The van der Waals surface area contributed by atoms with Crippen LogP contribution in [0.15, 0.2) is 36.7 Å². The number of carbonyl (C=O) groups excluding carboxylic acids is 2. The molecule has 2 aliphatic rings. The third-order valence-electron chi connectivity index (χ3n) is 7.26. The number of pyridine rings is 1. The quantitative estimate of drug-likeness (QED) is 0.416. The molecule has 2 N–H and O–H groups in total. The molecule has 0 bridgehead atoms. The van der Waals surface area contributed by atoms with Gasteiger partial charge in [-0.15, -0.1) is 0 Å². The lowest BCUT2D eigenvalue weighted by molar-refractivity contribution is -0.125. The average Bonchev–Trinajstić information content (AvgIpc) is 3.29. The summed E-state index contributed by atoms with van der Waals surface area (Å²) < 4.78 is 24.8. The van der Waals surface area contributed by atoms with Gasteiger partial charge < -0.3 is 25.0 Å². The fourth-order valence-electron chi connectivity index (χ4n) is 4.88. The molecular formula is C28H30ClFN6O4. The second-order valence-corrected chi connectivity index (χ2v) is 10.3. The monoisotopic (exact) mass is 568 g/mol. The second-order valence-electron chi connectivity index (χ2n) is 9.88. The normalized spacial score (nSPS) is 16.8. The molecule has 1 fully saturated rings. The minimum Gasteiger partial charge on any atom is -0.481 e. The number of ether oxygens (including phenoxy) is 2. The fourth-order valence-corrected chi connectivity index (χ4v) is 5.08. The number of hydrogen-bond acceptors (Lipinski definition) is 8. The van der Waals surface area contributed by atoms with Gasteiger partial charge in [0, 0.05) is 48.6 Å². The van der Waals surface area contributed by atoms with Crippen molar-refractivity contribution in [3.05, 3.63) is 64.2 Å². The van der Waals surface area contributed by atoms with E-state index in [1.807, 2.05) is 12.1 Å². The molecular weight excluding hydrogens is 539 g/mol. The van der Waals surface area contributed by atoms with Crippen molar-refractivity contribution in [2.45, 2.75) is 51.4 Å². The first-order valence-corrected chi connectivity index (χ1v) is 13.4. The lowest BCUT2D eigenvalue weighted by Crippen LogP contribution is -2.46. The Morgan fingerprint density at radius 2 is 1.98 bits per heavy atom. The lowest BCUT2D eigenvalue weighted by atomic mass is 10.0. The minimum atomic E-state index is -0.796. The van der Waals surface area contributed by atoms with Crippen molar-refractivity contribution in [3.8, 4) is 17.1 Å². The van der Waals surface area contributed by atoms with Crippen LogP contribution in [0.25, 0.3) is 11.3 Å². The smallest absolute Gasteiger partial charge is 0.255 e. The predicted molar refractivity (Wildman–Crippen MR) is 147 cm³/mol. The Morgan fingerprint density at radius 3 is 2.73 bits per heavy atom. The average molecular weight is 569 g/mol. The molecule has 4 heterocycles. The van der Waals surface area contributed by atoms with Gasteiger partial charge in [-0.25, -0.2) is 19.3 Å².